The summed E-state index contributed by atoms with van der Waals surface area (Å²) in [6.07, 6.45) is 7.72. The van der Waals surface area contributed by atoms with Gasteiger partial charge < -0.3 is 35.2 Å². The molecule has 0 spiro atoms. The van der Waals surface area contributed by atoms with E-state index in [0.29, 0.717) is 61.0 Å². The Labute approximate surface area is 340 Å². The maximum atomic E-state index is 13.2. The lowest BCUT2D eigenvalue weighted by atomic mass is 10.0. The predicted molar refractivity (Wildman–Crippen MR) is 214 cm³/mol. The Bertz CT molecular complexity index is 2190. The van der Waals surface area contributed by atoms with Gasteiger partial charge in [0.15, 0.2) is 12.4 Å². The Hall–Kier alpha value is -6.59. The molecule has 2 fully saturated rings. The zero-order valence-corrected chi connectivity index (χ0v) is 33.2. The van der Waals surface area contributed by atoms with Gasteiger partial charge in [0.2, 0.25) is 23.7 Å². The van der Waals surface area contributed by atoms with Gasteiger partial charge in [-0.3, -0.25) is 43.8 Å². The summed E-state index contributed by atoms with van der Waals surface area (Å²) in [5.41, 5.74) is 1.63. The van der Waals surface area contributed by atoms with Crippen molar-refractivity contribution in [3.63, 3.8) is 0 Å². The van der Waals surface area contributed by atoms with Gasteiger partial charge in [0.1, 0.15) is 29.3 Å². The van der Waals surface area contributed by atoms with Crippen molar-refractivity contribution in [3.05, 3.63) is 59.3 Å². The Morgan fingerprint density at radius 1 is 0.949 bits per heavy atom. The molecule has 2 unspecified atom stereocenters. The Morgan fingerprint density at radius 3 is 2.44 bits per heavy atom. The number of amides is 7. The number of fused-ring (bicyclic) bond motifs is 2. The lowest BCUT2D eigenvalue weighted by Gasteiger charge is -2.43. The number of methoxy groups -OCH3 is 1. The highest BCUT2D eigenvalue weighted by atomic mass is 16.5. The SMILES string of the molecule is CCC1C(=O)N(C)c2cnc(Nc3ccc(C(=O)NCCCCNC(=O)COc4cccc5c4C(=O)N(C4CCC(=O)NC4=O)C5=O)cc3OC)nc2N1C1CCCC1. The van der Waals surface area contributed by atoms with E-state index in [0.717, 1.165) is 36.4 Å². The minimum absolute atomic E-state index is 0.00126. The summed E-state index contributed by atoms with van der Waals surface area (Å²) >= 11 is 0. The topological polar surface area (TPSA) is 222 Å². The summed E-state index contributed by atoms with van der Waals surface area (Å²) in [5, 5.41) is 11.0. The average Bonchev–Trinajstić information content (AvgIpc) is 3.86. The summed E-state index contributed by atoms with van der Waals surface area (Å²) in [4.78, 5) is 103. The lowest BCUT2D eigenvalue weighted by molar-refractivity contribution is -0.136. The summed E-state index contributed by atoms with van der Waals surface area (Å²) in [6, 6.07) is 8.26. The monoisotopic (exact) mass is 809 g/mol. The van der Waals surface area contributed by atoms with Gasteiger partial charge in [-0.15, -0.1) is 0 Å². The van der Waals surface area contributed by atoms with Crippen LogP contribution in [0.4, 0.5) is 23.1 Å². The van der Waals surface area contributed by atoms with Crippen LogP contribution in [0, 0.1) is 0 Å². The molecule has 18 nitrogen and oxygen atoms in total. The first-order valence-corrected chi connectivity index (χ1v) is 19.9. The van der Waals surface area contributed by atoms with Crippen molar-refractivity contribution in [1.82, 2.24) is 30.8 Å². The van der Waals surface area contributed by atoms with Crippen molar-refractivity contribution in [2.45, 2.75) is 82.8 Å². The molecule has 3 aliphatic heterocycles. The van der Waals surface area contributed by atoms with Crippen LogP contribution in [0.15, 0.2) is 42.6 Å². The van der Waals surface area contributed by atoms with Gasteiger partial charge >= 0.3 is 0 Å². The van der Waals surface area contributed by atoms with Crippen LogP contribution in [0.3, 0.4) is 0 Å². The highest BCUT2D eigenvalue weighted by molar-refractivity contribution is 6.24. The molecule has 2 aromatic carbocycles. The molecule has 0 radical (unpaired) electrons. The zero-order valence-electron chi connectivity index (χ0n) is 33.2. The fraction of sp³-hybridized carbons (Fsp3) is 0.439. The molecular formula is C41H47N9O9. The van der Waals surface area contributed by atoms with Crippen LogP contribution in [-0.4, -0.2) is 108 Å². The Kier molecular flexibility index (Phi) is 12.0. The second-order valence-corrected chi connectivity index (χ2v) is 14.8. The third-order valence-electron chi connectivity index (χ3n) is 11.1. The molecule has 1 aliphatic carbocycles. The van der Waals surface area contributed by atoms with Gasteiger partial charge in [0, 0.05) is 38.2 Å². The van der Waals surface area contributed by atoms with E-state index in [-0.39, 0.29) is 53.6 Å². The standard InChI is InChI=1S/C41H47N9O9/c1-4-27-39(56)48(2)29-21-44-41(47-35(29)49(27)24-10-5-6-11-24)45-26-15-14-23(20-31(26)58-3)36(53)43-19-8-7-18-42-33(52)22-59-30-13-9-12-25-34(30)40(57)50(38(25)55)28-16-17-32(51)46-37(28)54/h9,12-15,20-21,24,27-28H,4-8,10-11,16-19,22H2,1-3H3,(H,42,52)(H,43,53)(H,44,45,47)(H,46,51,54). The van der Waals surface area contributed by atoms with Crippen LogP contribution >= 0.6 is 0 Å². The minimum atomic E-state index is -1.12. The van der Waals surface area contributed by atoms with Gasteiger partial charge in [-0.1, -0.05) is 25.8 Å². The molecule has 2 atom stereocenters. The second kappa shape index (κ2) is 17.5. The number of nitrogens with one attached hydrogen (secondary N) is 4. The molecule has 1 saturated heterocycles. The van der Waals surface area contributed by atoms with Crippen LogP contribution in [0.5, 0.6) is 11.5 Å². The van der Waals surface area contributed by atoms with E-state index in [2.05, 4.69) is 31.2 Å². The van der Waals surface area contributed by atoms with Gasteiger partial charge in [-0.25, -0.2) is 4.98 Å². The number of imide groups is 2. The molecule has 7 rings (SSSR count). The first kappa shape index (κ1) is 40.6. The normalized spacial score (nSPS) is 19.0. The van der Waals surface area contributed by atoms with Crippen molar-refractivity contribution in [1.29, 1.82) is 0 Å². The highest BCUT2D eigenvalue weighted by Crippen LogP contribution is 2.40. The van der Waals surface area contributed by atoms with Crippen molar-refractivity contribution < 1.29 is 43.0 Å². The number of likely N-dealkylation sites (N-methyl/N-ethyl adjacent to an activating group) is 1. The number of unbranched alkanes of at least 4 members (excludes halogenated alkanes) is 1. The van der Waals surface area contributed by atoms with E-state index in [4.69, 9.17) is 14.5 Å². The van der Waals surface area contributed by atoms with Gasteiger partial charge in [-0.05, 0) is 68.9 Å². The first-order chi connectivity index (χ1) is 28.5. The number of aromatic nitrogens is 2. The quantitative estimate of drug-likeness (QED) is 0.128. The van der Waals surface area contributed by atoms with Crippen LogP contribution in [-0.2, 0) is 19.2 Å². The number of carbonyl (C=O) groups is 7. The van der Waals surface area contributed by atoms with Gasteiger partial charge in [0.05, 0.1) is 30.1 Å². The molecule has 3 aromatic rings. The van der Waals surface area contributed by atoms with E-state index in [1.807, 2.05) is 6.92 Å². The molecule has 1 saturated carbocycles. The summed E-state index contributed by atoms with van der Waals surface area (Å²) in [7, 11) is 3.26. The molecule has 59 heavy (non-hydrogen) atoms. The maximum absolute atomic E-state index is 13.2. The second-order valence-electron chi connectivity index (χ2n) is 14.8. The van der Waals surface area contributed by atoms with Crippen molar-refractivity contribution in [2.24, 2.45) is 0 Å². The summed E-state index contributed by atoms with van der Waals surface area (Å²) in [5.74, 6) is -1.80. The Morgan fingerprint density at radius 2 is 1.71 bits per heavy atom. The third kappa shape index (κ3) is 8.24. The van der Waals surface area contributed by atoms with Gasteiger partial charge in [0.25, 0.3) is 23.6 Å². The van der Waals surface area contributed by atoms with E-state index in [1.54, 1.807) is 36.3 Å². The highest BCUT2D eigenvalue weighted by Gasteiger charge is 2.46. The molecule has 310 valence electrons. The van der Waals surface area contributed by atoms with Crippen molar-refractivity contribution in [2.75, 3.05) is 49.0 Å². The van der Waals surface area contributed by atoms with E-state index in [9.17, 15) is 33.6 Å². The number of hydrogen-bond donors (Lipinski definition) is 4. The molecule has 4 N–H and O–H groups in total. The molecule has 1 aromatic heterocycles. The number of piperidine rings is 1. The summed E-state index contributed by atoms with van der Waals surface area (Å²) < 4.78 is 11.2. The predicted octanol–water partition coefficient (Wildman–Crippen LogP) is 2.84. The van der Waals surface area contributed by atoms with Crippen LogP contribution in [0.2, 0.25) is 0 Å². The first-order valence-electron chi connectivity index (χ1n) is 19.9. The van der Waals surface area contributed by atoms with Crippen LogP contribution < -0.4 is 40.5 Å². The van der Waals surface area contributed by atoms with Gasteiger partial charge in [-0.2, -0.15) is 4.98 Å². The van der Waals surface area contributed by atoms with Crippen molar-refractivity contribution >= 4 is 64.5 Å². The van der Waals surface area contributed by atoms with E-state index >= 15 is 0 Å². The average molecular weight is 810 g/mol. The smallest absolute Gasteiger partial charge is 0.266 e. The minimum Gasteiger partial charge on any atom is -0.495 e. The number of benzene rings is 2. The third-order valence-corrected chi connectivity index (χ3v) is 11.1. The molecule has 18 heteroatoms. The number of nitrogens with zero attached hydrogens (tertiary/aromatic N) is 5. The number of anilines is 4. The molecule has 7 amide bonds. The zero-order chi connectivity index (χ0) is 41.8. The molecular weight excluding hydrogens is 763 g/mol. The van der Waals surface area contributed by atoms with Crippen LogP contribution in [0.1, 0.15) is 95.8 Å². The fourth-order valence-electron chi connectivity index (χ4n) is 8.08. The number of rotatable bonds is 15. The number of carbonyl (C=O) groups excluding carboxylic acids is 7. The van der Waals surface area contributed by atoms with E-state index in [1.165, 1.54) is 25.3 Å². The van der Waals surface area contributed by atoms with E-state index < -0.39 is 42.2 Å². The molecule has 4 heterocycles. The molecule has 4 aliphatic rings. The lowest BCUT2D eigenvalue weighted by Crippen LogP contribution is -2.55. The maximum Gasteiger partial charge on any atom is 0.266 e. The molecule has 0 bridgehead atoms. The largest absolute Gasteiger partial charge is 0.495 e. The fourth-order valence-corrected chi connectivity index (χ4v) is 8.08. The Balaban J connectivity index is 0.871. The number of ether oxygens (including phenoxy) is 2. The van der Waals surface area contributed by atoms with Crippen LogP contribution in [0.25, 0.3) is 0 Å². The summed E-state index contributed by atoms with van der Waals surface area (Å²) in [6.45, 7) is 2.24. The van der Waals surface area contributed by atoms with Crippen molar-refractivity contribution in [3.8, 4) is 11.5 Å². The number of hydrogen-bond acceptors (Lipinski definition) is 13.